The summed E-state index contributed by atoms with van der Waals surface area (Å²) in [7, 11) is 3.88. The van der Waals surface area contributed by atoms with Crippen LogP contribution < -0.4 is 11.1 Å². The van der Waals surface area contributed by atoms with Crippen molar-refractivity contribution in [3.05, 3.63) is 15.6 Å². The molecule has 1 saturated heterocycles. The Balaban J connectivity index is 1.55. The molecule has 2 aromatic heterocycles. The van der Waals surface area contributed by atoms with Crippen molar-refractivity contribution < 1.29 is 9.59 Å². The number of likely N-dealkylation sites (N-methyl/N-ethyl adjacent to an activating group) is 1. The van der Waals surface area contributed by atoms with Gasteiger partial charge in [-0.2, -0.15) is 0 Å². The number of nitrogens with two attached hydrogens (primary N) is 1. The molecule has 3 amide bonds. The first-order valence-corrected chi connectivity index (χ1v) is 11.7. The minimum Gasteiger partial charge on any atom is -0.368 e. The number of primary amides is 1. The summed E-state index contributed by atoms with van der Waals surface area (Å²) in [6, 6.07) is -0.833. The van der Waals surface area contributed by atoms with Crippen LogP contribution in [0.15, 0.2) is 0 Å². The number of urea groups is 1. The van der Waals surface area contributed by atoms with Gasteiger partial charge in [-0.1, -0.05) is 32.1 Å². The highest BCUT2D eigenvalue weighted by atomic mass is 32.1. The van der Waals surface area contributed by atoms with Crippen LogP contribution >= 0.6 is 22.7 Å². The molecule has 1 aliphatic carbocycles. The number of amides is 3. The van der Waals surface area contributed by atoms with Crippen molar-refractivity contribution in [2.45, 2.75) is 57.5 Å². The number of aromatic nitrogens is 2. The molecule has 0 aromatic carbocycles. The highest BCUT2D eigenvalue weighted by Gasteiger charge is 2.40. The number of nitrogens with zero attached hydrogens (tertiary/aromatic N) is 4. The molecule has 1 aliphatic heterocycles. The van der Waals surface area contributed by atoms with Crippen LogP contribution in [0, 0.1) is 0 Å². The van der Waals surface area contributed by atoms with Crippen LogP contribution in [0.25, 0.3) is 10.6 Å². The maximum atomic E-state index is 12.9. The van der Waals surface area contributed by atoms with Crippen LogP contribution in [0.3, 0.4) is 0 Å². The van der Waals surface area contributed by atoms with Gasteiger partial charge in [0.15, 0.2) is 5.13 Å². The molecule has 2 aromatic rings. The third kappa shape index (κ3) is 3.83. The second kappa shape index (κ2) is 7.58. The quantitative estimate of drug-likeness (QED) is 0.751. The second-order valence-corrected chi connectivity index (χ2v) is 11.3. The van der Waals surface area contributed by atoms with Crippen LogP contribution in [-0.4, -0.2) is 64.4 Å². The minimum absolute atomic E-state index is 0.00636. The summed E-state index contributed by atoms with van der Waals surface area (Å²) in [5.41, 5.74) is 7.55. The minimum atomic E-state index is -0.605. The molecule has 3 heterocycles. The van der Waals surface area contributed by atoms with E-state index < -0.39 is 11.9 Å². The zero-order chi connectivity index (χ0) is 21.8. The van der Waals surface area contributed by atoms with E-state index in [2.05, 4.69) is 31.1 Å². The number of hydrogen-bond acceptors (Lipinski definition) is 7. The molecule has 0 bridgehead atoms. The van der Waals surface area contributed by atoms with E-state index in [0.717, 1.165) is 34.1 Å². The first kappa shape index (κ1) is 21.2. The lowest BCUT2D eigenvalue weighted by atomic mass is 9.98. The van der Waals surface area contributed by atoms with Crippen molar-refractivity contribution in [3.63, 3.8) is 0 Å². The molecule has 30 heavy (non-hydrogen) atoms. The number of carbonyl (C=O) groups excluding carboxylic acids is 2. The third-order valence-electron chi connectivity index (χ3n) is 5.65. The van der Waals surface area contributed by atoms with Crippen molar-refractivity contribution >= 4 is 39.7 Å². The number of thiazole rings is 2. The van der Waals surface area contributed by atoms with Gasteiger partial charge >= 0.3 is 6.03 Å². The fourth-order valence-electron chi connectivity index (χ4n) is 3.86. The number of nitrogens with one attached hydrogen (secondary N) is 1. The Kier molecular flexibility index (Phi) is 5.36. The van der Waals surface area contributed by atoms with Gasteiger partial charge in [-0.25, -0.2) is 14.8 Å². The Bertz CT molecular complexity index is 990. The molecule has 0 unspecified atom stereocenters. The van der Waals surface area contributed by atoms with Crippen molar-refractivity contribution in [1.29, 1.82) is 0 Å². The molecule has 0 saturated carbocycles. The Hall–Kier alpha value is -2.04. The maximum Gasteiger partial charge on any atom is 0.324 e. The lowest BCUT2D eigenvalue weighted by Gasteiger charge is -2.22. The molecular formula is C20H28N6O2S2. The van der Waals surface area contributed by atoms with Crippen molar-refractivity contribution in [2.75, 3.05) is 26.0 Å². The summed E-state index contributed by atoms with van der Waals surface area (Å²) in [4.78, 5) is 40.2. The molecule has 10 heteroatoms. The fraction of sp³-hybridized carbons (Fsp3) is 0.600. The molecule has 162 valence electrons. The van der Waals surface area contributed by atoms with E-state index in [4.69, 9.17) is 10.7 Å². The fourth-order valence-corrected chi connectivity index (χ4v) is 6.06. The van der Waals surface area contributed by atoms with Gasteiger partial charge in [-0.15, -0.1) is 11.3 Å². The molecule has 4 rings (SSSR count). The van der Waals surface area contributed by atoms with Gasteiger partial charge < -0.3 is 15.5 Å². The predicted molar refractivity (Wildman–Crippen MR) is 120 cm³/mol. The van der Waals surface area contributed by atoms with Crippen LogP contribution in [0.4, 0.5) is 9.93 Å². The lowest BCUT2D eigenvalue weighted by molar-refractivity contribution is -0.121. The average Bonchev–Trinajstić information content (AvgIpc) is 3.35. The normalized spacial score (nSPS) is 20.9. The number of hydrogen-bond donors (Lipinski definition) is 2. The Labute approximate surface area is 184 Å². The van der Waals surface area contributed by atoms with E-state index in [1.165, 1.54) is 21.1 Å². The largest absolute Gasteiger partial charge is 0.368 e. The van der Waals surface area contributed by atoms with Crippen LogP contribution in [-0.2, 0) is 23.1 Å². The second-order valence-electron chi connectivity index (χ2n) is 9.19. The zero-order valence-electron chi connectivity index (χ0n) is 18.0. The summed E-state index contributed by atoms with van der Waals surface area (Å²) in [5, 5.41) is 4.56. The first-order chi connectivity index (χ1) is 14.0. The molecule has 0 spiro atoms. The summed E-state index contributed by atoms with van der Waals surface area (Å²) in [6.07, 6.45) is 2.31. The van der Waals surface area contributed by atoms with Crippen molar-refractivity contribution in [3.8, 4) is 10.6 Å². The maximum absolute atomic E-state index is 12.9. The van der Waals surface area contributed by atoms with Crippen LogP contribution in [0.5, 0.6) is 0 Å². The predicted octanol–water partition coefficient (Wildman–Crippen LogP) is 2.68. The van der Waals surface area contributed by atoms with Gasteiger partial charge in [-0.3, -0.25) is 10.1 Å². The Morgan fingerprint density at radius 1 is 1.20 bits per heavy atom. The lowest BCUT2D eigenvalue weighted by Crippen LogP contribution is -2.45. The van der Waals surface area contributed by atoms with Gasteiger partial charge in [0, 0.05) is 22.9 Å². The third-order valence-corrected chi connectivity index (χ3v) is 8.21. The standard InChI is InChI=1S/C20H28N6O2S2/c1-20(2,3)17-23-14-13(29-17)7-6-11-15(14)30-18(22-11)24-19(28)26-9-10(25(4)5)8-12(26)16(21)27/h10,12H,6-9H2,1-5H3,(H2,21,27)(H,22,24,28)/t10-,12+/m1/s1. The number of anilines is 1. The molecule has 0 radical (unpaired) electrons. The van der Waals surface area contributed by atoms with E-state index in [1.54, 1.807) is 11.3 Å². The monoisotopic (exact) mass is 448 g/mol. The average molecular weight is 449 g/mol. The molecule has 3 N–H and O–H groups in total. The SMILES string of the molecule is CN(C)[C@@H]1C[C@@H](C(N)=O)N(C(=O)Nc2nc3c(s2)-c2nc(C(C)(C)C)sc2CC3)C1. The summed E-state index contributed by atoms with van der Waals surface area (Å²) >= 11 is 3.23. The highest BCUT2D eigenvalue weighted by molar-refractivity contribution is 7.20. The summed E-state index contributed by atoms with van der Waals surface area (Å²) in [5.74, 6) is -0.477. The van der Waals surface area contributed by atoms with Gasteiger partial charge in [0.2, 0.25) is 5.91 Å². The Morgan fingerprint density at radius 2 is 1.93 bits per heavy atom. The zero-order valence-corrected chi connectivity index (χ0v) is 19.6. The number of aryl methyl sites for hydroxylation is 2. The first-order valence-electron chi connectivity index (χ1n) is 10.1. The van der Waals surface area contributed by atoms with Crippen molar-refractivity contribution in [1.82, 2.24) is 19.8 Å². The highest BCUT2D eigenvalue weighted by Crippen LogP contribution is 2.43. The van der Waals surface area contributed by atoms with E-state index >= 15 is 0 Å². The molecule has 2 aliphatic rings. The molecule has 2 atom stereocenters. The van der Waals surface area contributed by atoms with E-state index in [9.17, 15) is 9.59 Å². The number of carbonyl (C=O) groups is 2. The van der Waals surface area contributed by atoms with Crippen LogP contribution in [0.2, 0.25) is 0 Å². The topological polar surface area (TPSA) is 104 Å². The molecule has 1 fully saturated rings. The van der Waals surface area contributed by atoms with Crippen molar-refractivity contribution in [2.24, 2.45) is 5.73 Å². The van der Waals surface area contributed by atoms with Gasteiger partial charge in [0.05, 0.1) is 21.3 Å². The smallest absolute Gasteiger partial charge is 0.324 e. The van der Waals surface area contributed by atoms with Crippen LogP contribution in [0.1, 0.15) is 42.8 Å². The van der Waals surface area contributed by atoms with E-state index in [-0.39, 0.29) is 17.5 Å². The van der Waals surface area contributed by atoms with E-state index in [1.807, 2.05) is 19.0 Å². The summed E-state index contributed by atoms with van der Waals surface area (Å²) in [6.45, 7) is 6.97. The van der Waals surface area contributed by atoms with Gasteiger partial charge in [0.1, 0.15) is 6.04 Å². The summed E-state index contributed by atoms with van der Waals surface area (Å²) < 4.78 is 0. The molecule has 8 nitrogen and oxygen atoms in total. The van der Waals surface area contributed by atoms with E-state index in [0.29, 0.717) is 18.1 Å². The molecular weight excluding hydrogens is 420 g/mol. The number of likely N-dealkylation sites (tertiary alicyclic amines) is 1. The Morgan fingerprint density at radius 3 is 2.57 bits per heavy atom. The van der Waals surface area contributed by atoms with Gasteiger partial charge in [-0.05, 0) is 33.4 Å². The number of rotatable bonds is 3. The van der Waals surface area contributed by atoms with Gasteiger partial charge in [0.25, 0.3) is 0 Å². The number of fused-ring (bicyclic) bond motifs is 3.